The van der Waals surface area contributed by atoms with Gasteiger partial charge in [-0.3, -0.25) is 0 Å². The molecule has 1 heterocycles. The molecule has 1 aromatic rings. The Morgan fingerprint density at radius 2 is 2.12 bits per heavy atom. The SMILES string of the molecule is FC(F)(F)CCCOc1ncc(Cl)cc1Br. The third-order valence-electron chi connectivity index (χ3n) is 1.62. The fraction of sp³-hybridized carbons (Fsp3) is 0.444. The third kappa shape index (κ3) is 5.03. The largest absolute Gasteiger partial charge is 0.477 e. The first-order valence-electron chi connectivity index (χ1n) is 4.39. The summed E-state index contributed by atoms with van der Waals surface area (Å²) in [6, 6.07) is 1.56. The van der Waals surface area contributed by atoms with Gasteiger partial charge >= 0.3 is 6.18 Å². The second-order valence-electron chi connectivity index (χ2n) is 3.01. The molecular weight excluding hydrogens is 310 g/mol. The molecule has 0 aliphatic heterocycles. The minimum atomic E-state index is -4.14. The Labute approximate surface area is 104 Å². The van der Waals surface area contributed by atoms with Crippen LogP contribution < -0.4 is 4.74 Å². The summed E-state index contributed by atoms with van der Waals surface area (Å²) in [5.74, 6) is 0.242. The molecule has 2 nitrogen and oxygen atoms in total. The third-order valence-corrected chi connectivity index (χ3v) is 2.39. The van der Waals surface area contributed by atoms with Crippen LogP contribution in [0.2, 0.25) is 5.02 Å². The van der Waals surface area contributed by atoms with Crippen molar-refractivity contribution in [2.24, 2.45) is 0 Å². The van der Waals surface area contributed by atoms with E-state index in [2.05, 4.69) is 20.9 Å². The zero-order valence-electron chi connectivity index (χ0n) is 8.02. The Morgan fingerprint density at radius 3 is 2.69 bits per heavy atom. The lowest BCUT2D eigenvalue weighted by Gasteiger charge is -2.08. The van der Waals surface area contributed by atoms with Gasteiger partial charge in [0.2, 0.25) is 5.88 Å². The summed E-state index contributed by atoms with van der Waals surface area (Å²) >= 11 is 8.79. The van der Waals surface area contributed by atoms with Crippen LogP contribution in [0, 0.1) is 0 Å². The van der Waals surface area contributed by atoms with Gasteiger partial charge in [-0.05, 0) is 28.4 Å². The first-order valence-corrected chi connectivity index (χ1v) is 5.56. The molecule has 1 rings (SSSR count). The van der Waals surface area contributed by atoms with Crippen molar-refractivity contribution >= 4 is 27.5 Å². The van der Waals surface area contributed by atoms with Crippen LogP contribution in [0.3, 0.4) is 0 Å². The molecule has 0 radical (unpaired) electrons. The highest BCUT2D eigenvalue weighted by molar-refractivity contribution is 9.10. The zero-order chi connectivity index (χ0) is 12.2. The Balaban J connectivity index is 2.38. The molecule has 0 saturated carbocycles. The summed E-state index contributed by atoms with van der Waals surface area (Å²) < 4.78 is 41.0. The van der Waals surface area contributed by atoms with Gasteiger partial charge in [-0.2, -0.15) is 13.2 Å². The van der Waals surface area contributed by atoms with Crippen molar-refractivity contribution in [2.75, 3.05) is 6.61 Å². The quantitative estimate of drug-likeness (QED) is 0.776. The van der Waals surface area contributed by atoms with Crippen LogP contribution in [0.15, 0.2) is 16.7 Å². The van der Waals surface area contributed by atoms with Gasteiger partial charge < -0.3 is 4.74 Å². The lowest BCUT2D eigenvalue weighted by Crippen LogP contribution is -2.10. The van der Waals surface area contributed by atoms with Crippen LogP contribution >= 0.6 is 27.5 Å². The van der Waals surface area contributed by atoms with Gasteiger partial charge in [0.15, 0.2) is 0 Å². The number of pyridine rings is 1. The first-order chi connectivity index (χ1) is 7.38. The van der Waals surface area contributed by atoms with E-state index in [-0.39, 0.29) is 18.9 Å². The van der Waals surface area contributed by atoms with Gasteiger partial charge in [-0.15, -0.1) is 0 Å². The number of hydrogen-bond acceptors (Lipinski definition) is 2. The molecule has 1 aromatic heterocycles. The fourth-order valence-electron chi connectivity index (χ4n) is 0.950. The molecule has 0 fully saturated rings. The maximum absolute atomic E-state index is 11.8. The Bertz CT molecular complexity index is 359. The molecule has 0 saturated heterocycles. The van der Waals surface area contributed by atoms with Gasteiger partial charge in [0.05, 0.1) is 16.1 Å². The summed E-state index contributed by atoms with van der Waals surface area (Å²) in [7, 11) is 0. The fourth-order valence-corrected chi connectivity index (χ4v) is 1.70. The standard InChI is InChI=1S/C9H8BrClF3NO/c10-7-4-6(11)5-15-8(7)16-3-1-2-9(12,13)14/h4-5H,1-3H2. The van der Waals surface area contributed by atoms with Crippen molar-refractivity contribution in [3.05, 3.63) is 21.8 Å². The molecule has 0 N–H and O–H groups in total. The maximum Gasteiger partial charge on any atom is 0.389 e. The predicted octanol–water partition coefficient (Wildman–Crippen LogP) is 4.22. The molecule has 0 aromatic carbocycles. The molecule has 90 valence electrons. The molecular formula is C9H8BrClF3NO. The van der Waals surface area contributed by atoms with Crippen LogP contribution in [0.5, 0.6) is 5.88 Å². The summed E-state index contributed by atoms with van der Waals surface area (Å²) in [5, 5.41) is 0.425. The van der Waals surface area contributed by atoms with Crippen LogP contribution in [0.4, 0.5) is 13.2 Å². The van der Waals surface area contributed by atoms with E-state index in [0.717, 1.165) is 0 Å². The highest BCUT2D eigenvalue weighted by Crippen LogP contribution is 2.26. The van der Waals surface area contributed by atoms with E-state index in [0.29, 0.717) is 9.50 Å². The monoisotopic (exact) mass is 317 g/mol. The first kappa shape index (κ1) is 13.6. The number of nitrogens with zero attached hydrogens (tertiary/aromatic N) is 1. The lowest BCUT2D eigenvalue weighted by molar-refractivity contribution is -0.136. The topological polar surface area (TPSA) is 22.1 Å². The Kier molecular flexibility index (Phi) is 4.86. The van der Waals surface area contributed by atoms with Crippen LogP contribution in [-0.4, -0.2) is 17.8 Å². The van der Waals surface area contributed by atoms with E-state index < -0.39 is 12.6 Å². The second kappa shape index (κ2) is 5.72. The highest BCUT2D eigenvalue weighted by Gasteiger charge is 2.26. The van der Waals surface area contributed by atoms with Gasteiger partial charge in [0.1, 0.15) is 0 Å². The summed E-state index contributed by atoms with van der Waals surface area (Å²) in [6.45, 7) is -0.0350. The maximum atomic E-state index is 11.8. The van der Waals surface area contributed by atoms with Crippen LogP contribution in [-0.2, 0) is 0 Å². The molecule has 16 heavy (non-hydrogen) atoms. The van der Waals surface area contributed by atoms with E-state index in [1.807, 2.05) is 0 Å². The minimum absolute atomic E-state index is 0.0350. The lowest BCUT2D eigenvalue weighted by atomic mass is 10.3. The molecule has 7 heteroatoms. The molecule has 0 aliphatic carbocycles. The van der Waals surface area contributed by atoms with E-state index in [9.17, 15) is 13.2 Å². The summed E-state index contributed by atoms with van der Waals surface area (Å²) in [6.07, 6.45) is -3.74. The number of rotatable bonds is 4. The van der Waals surface area contributed by atoms with Crippen molar-refractivity contribution in [3.63, 3.8) is 0 Å². The highest BCUT2D eigenvalue weighted by atomic mass is 79.9. The van der Waals surface area contributed by atoms with E-state index in [1.165, 1.54) is 6.20 Å². The molecule has 0 atom stereocenters. The second-order valence-corrected chi connectivity index (χ2v) is 4.30. The van der Waals surface area contributed by atoms with Crippen molar-refractivity contribution in [3.8, 4) is 5.88 Å². The Hall–Kier alpha value is -0.490. The number of alkyl halides is 3. The normalized spacial score (nSPS) is 11.6. The number of halogens is 5. The molecule has 0 bridgehead atoms. The van der Waals surface area contributed by atoms with Crippen LogP contribution in [0.25, 0.3) is 0 Å². The predicted molar refractivity (Wildman–Crippen MR) is 57.7 cm³/mol. The zero-order valence-corrected chi connectivity index (χ0v) is 10.4. The molecule has 0 aliphatic rings. The Morgan fingerprint density at radius 1 is 1.44 bits per heavy atom. The molecule has 0 spiro atoms. The molecule has 0 unspecified atom stereocenters. The molecule has 0 amide bonds. The van der Waals surface area contributed by atoms with Gasteiger partial charge in [0, 0.05) is 12.6 Å². The number of hydrogen-bond donors (Lipinski definition) is 0. The van der Waals surface area contributed by atoms with Gasteiger partial charge in [-0.25, -0.2) is 4.98 Å². The number of ether oxygens (including phenoxy) is 1. The average molecular weight is 319 g/mol. The van der Waals surface area contributed by atoms with Gasteiger partial charge in [0.25, 0.3) is 0 Å². The smallest absolute Gasteiger partial charge is 0.389 e. The van der Waals surface area contributed by atoms with Crippen molar-refractivity contribution in [1.82, 2.24) is 4.98 Å². The van der Waals surface area contributed by atoms with Crippen LogP contribution in [0.1, 0.15) is 12.8 Å². The van der Waals surface area contributed by atoms with E-state index >= 15 is 0 Å². The van der Waals surface area contributed by atoms with E-state index in [4.69, 9.17) is 16.3 Å². The van der Waals surface area contributed by atoms with Crippen molar-refractivity contribution < 1.29 is 17.9 Å². The average Bonchev–Trinajstić information content (AvgIpc) is 2.13. The van der Waals surface area contributed by atoms with E-state index in [1.54, 1.807) is 6.07 Å². The number of aromatic nitrogens is 1. The van der Waals surface area contributed by atoms with Crippen molar-refractivity contribution in [2.45, 2.75) is 19.0 Å². The van der Waals surface area contributed by atoms with Crippen molar-refractivity contribution in [1.29, 1.82) is 0 Å². The summed E-state index contributed by atoms with van der Waals surface area (Å²) in [5.41, 5.74) is 0. The summed E-state index contributed by atoms with van der Waals surface area (Å²) in [4.78, 5) is 3.83. The van der Waals surface area contributed by atoms with Gasteiger partial charge in [-0.1, -0.05) is 11.6 Å². The minimum Gasteiger partial charge on any atom is -0.477 e.